The summed E-state index contributed by atoms with van der Waals surface area (Å²) in [5, 5.41) is 9.89. The molecule has 0 saturated heterocycles. The highest BCUT2D eigenvalue weighted by Crippen LogP contribution is 2.42. The summed E-state index contributed by atoms with van der Waals surface area (Å²) in [6.07, 6.45) is 3.51. The molecule has 3 aromatic carbocycles. The molecule has 1 aliphatic carbocycles. The van der Waals surface area contributed by atoms with Crippen LogP contribution in [0.15, 0.2) is 82.1 Å². The molecule has 4 aromatic rings. The molecular formula is C29H24N2O4S. The molecule has 1 atom stereocenters. The van der Waals surface area contributed by atoms with E-state index >= 15 is 0 Å². The number of ether oxygens (including phenoxy) is 2. The molecule has 1 aliphatic heterocycles. The molecule has 0 fully saturated rings. The van der Waals surface area contributed by atoms with E-state index in [0.717, 1.165) is 40.8 Å². The molecule has 0 radical (unpaired) electrons. The summed E-state index contributed by atoms with van der Waals surface area (Å²) in [6, 6.07) is 20.8. The van der Waals surface area contributed by atoms with E-state index < -0.39 is 0 Å². The molecule has 36 heavy (non-hydrogen) atoms. The highest BCUT2D eigenvalue weighted by Gasteiger charge is 2.33. The van der Waals surface area contributed by atoms with Crippen LogP contribution in [-0.2, 0) is 6.42 Å². The van der Waals surface area contributed by atoms with Gasteiger partial charge in [0.05, 0.1) is 30.5 Å². The van der Waals surface area contributed by atoms with Crippen LogP contribution in [0.3, 0.4) is 0 Å². The fraction of sp³-hybridized carbons (Fsp3) is 0.172. The molecule has 0 bridgehead atoms. The van der Waals surface area contributed by atoms with Crippen LogP contribution in [0.1, 0.15) is 34.7 Å². The minimum Gasteiger partial charge on any atom is -0.508 e. The summed E-state index contributed by atoms with van der Waals surface area (Å²) in [7, 11) is 3.23. The van der Waals surface area contributed by atoms with Gasteiger partial charge in [-0.05, 0) is 65.4 Å². The number of nitrogens with zero attached hydrogens (tertiary/aromatic N) is 2. The van der Waals surface area contributed by atoms with Crippen LogP contribution in [0.5, 0.6) is 17.2 Å². The van der Waals surface area contributed by atoms with Gasteiger partial charge in [-0.1, -0.05) is 53.8 Å². The second-order valence-corrected chi connectivity index (χ2v) is 9.83. The molecule has 1 aromatic heterocycles. The summed E-state index contributed by atoms with van der Waals surface area (Å²) >= 11 is 1.37. The lowest BCUT2D eigenvalue weighted by atomic mass is 9.83. The van der Waals surface area contributed by atoms with Gasteiger partial charge < -0.3 is 14.6 Å². The number of fused-ring (bicyclic) bond motifs is 3. The van der Waals surface area contributed by atoms with Crippen LogP contribution in [0.2, 0.25) is 0 Å². The number of phenolic OH excluding ortho intramolecular Hbond substituents is 1. The molecule has 1 N–H and O–H groups in total. The zero-order valence-electron chi connectivity index (χ0n) is 19.9. The zero-order chi connectivity index (χ0) is 24.8. The fourth-order valence-corrected chi connectivity index (χ4v) is 6.11. The van der Waals surface area contributed by atoms with Crippen molar-refractivity contribution in [3.05, 3.63) is 114 Å². The van der Waals surface area contributed by atoms with Crippen LogP contribution < -0.4 is 24.4 Å². The Morgan fingerprint density at radius 2 is 1.83 bits per heavy atom. The highest BCUT2D eigenvalue weighted by molar-refractivity contribution is 7.07. The first-order valence-electron chi connectivity index (χ1n) is 11.7. The van der Waals surface area contributed by atoms with E-state index in [0.29, 0.717) is 20.8 Å². The first-order chi connectivity index (χ1) is 17.6. The molecule has 180 valence electrons. The number of hydrogen-bond donors (Lipinski definition) is 1. The highest BCUT2D eigenvalue weighted by atomic mass is 32.1. The van der Waals surface area contributed by atoms with E-state index in [4.69, 9.17) is 14.5 Å². The van der Waals surface area contributed by atoms with E-state index in [-0.39, 0.29) is 17.4 Å². The Morgan fingerprint density at radius 3 is 2.64 bits per heavy atom. The van der Waals surface area contributed by atoms with Gasteiger partial charge in [0, 0.05) is 5.56 Å². The smallest absolute Gasteiger partial charge is 0.271 e. The SMILES string of the molecule is COc1ccc(C2C3=C(N=c4sc(=Cc5cccc(O)c5)c(=O)n42)c2ccccc2CC3)cc1OC. The average Bonchev–Trinajstić information content (AvgIpc) is 3.21. The van der Waals surface area contributed by atoms with Gasteiger partial charge in [0.25, 0.3) is 5.56 Å². The van der Waals surface area contributed by atoms with Gasteiger partial charge in [0.2, 0.25) is 0 Å². The number of aromatic hydroxyl groups is 1. The monoisotopic (exact) mass is 496 g/mol. The van der Waals surface area contributed by atoms with Crippen LogP contribution >= 0.6 is 11.3 Å². The maximum atomic E-state index is 13.8. The van der Waals surface area contributed by atoms with Gasteiger partial charge in [-0.3, -0.25) is 9.36 Å². The van der Waals surface area contributed by atoms with Gasteiger partial charge in [-0.15, -0.1) is 0 Å². The summed E-state index contributed by atoms with van der Waals surface area (Å²) < 4.78 is 13.4. The van der Waals surface area contributed by atoms with E-state index in [1.165, 1.54) is 16.9 Å². The summed E-state index contributed by atoms with van der Waals surface area (Å²) in [5.74, 6) is 1.42. The first-order valence-corrected chi connectivity index (χ1v) is 12.5. The van der Waals surface area contributed by atoms with E-state index in [1.54, 1.807) is 37.0 Å². The maximum Gasteiger partial charge on any atom is 0.271 e. The van der Waals surface area contributed by atoms with Crippen LogP contribution in [0, 0.1) is 0 Å². The van der Waals surface area contributed by atoms with E-state index in [1.807, 2.05) is 36.4 Å². The predicted molar refractivity (Wildman–Crippen MR) is 140 cm³/mol. The number of hydrogen-bond acceptors (Lipinski definition) is 6. The standard InChI is InChI=1S/C29H24N2O4S/c1-34-23-13-11-19(16-24(23)35-2)27-22-12-10-18-7-3-4-9-21(18)26(22)30-29-31(27)28(33)25(36-29)15-17-6-5-8-20(32)14-17/h3-9,11,13-16,27,32H,10,12H2,1-2H3. The maximum absolute atomic E-state index is 13.8. The minimum atomic E-state index is -0.310. The molecule has 6 nitrogen and oxygen atoms in total. The quantitative estimate of drug-likeness (QED) is 0.463. The molecule has 0 spiro atoms. The lowest BCUT2D eigenvalue weighted by molar-refractivity contribution is 0.354. The number of allylic oxidation sites excluding steroid dienone is 1. The predicted octanol–water partition coefficient (Wildman–Crippen LogP) is 4.04. The first kappa shape index (κ1) is 22.4. The third-order valence-corrected chi connectivity index (χ3v) is 7.75. The number of benzene rings is 3. The Labute approximate surface area is 211 Å². The van der Waals surface area contributed by atoms with Crippen molar-refractivity contribution in [2.75, 3.05) is 14.2 Å². The van der Waals surface area contributed by atoms with Crippen molar-refractivity contribution in [3.8, 4) is 17.2 Å². The fourth-order valence-electron chi connectivity index (χ4n) is 5.11. The lowest BCUT2D eigenvalue weighted by Crippen LogP contribution is -2.38. The third-order valence-electron chi connectivity index (χ3n) is 6.76. The number of methoxy groups -OCH3 is 2. The van der Waals surface area contributed by atoms with Crippen molar-refractivity contribution in [2.45, 2.75) is 18.9 Å². The van der Waals surface area contributed by atoms with Gasteiger partial charge >= 0.3 is 0 Å². The van der Waals surface area contributed by atoms with Crippen LogP contribution in [0.4, 0.5) is 0 Å². The zero-order valence-corrected chi connectivity index (χ0v) is 20.7. The molecule has 0 amide bonds. The number of rotatable bonds is 4. The van der Waals surface area contributed by atoms with E-state index in [2.05, 4.69) is 18.2 Å². The minimum absolute atomic E-state index is 0.104. The van der Waals surface area contributed by atoms with Crippen LogP contribution in [-0.4, -0.2) is 23.9 Å². The molecule has 1 unspecified atom stereocenters. The summed E-state index contributed by atoms with van der Waals surface area (Å²) in [6.45, 7) is 0. The molecule has 7 heteroatoms. The topological polar surface area (TPSA) is 73.0 Å². The van der Waals surface area contributed by atoms with Crippen molar-refractivity contribution >= 4 is 23.1 Å². The van der Waals surface area contributed by atoms with Crippen LogP contribution in [0.25, 0.3) is 11.8 Å². The Hall–Kier alpha value is -4.10. The van der Waals surface area contributed by atoms with Crippen molar-refractivity contribution in [3.63, 3.8) is 0 Å². The Kier molecular flexibility index (Phi) is 5.49. The lowest BCUT2D eigenvalue weighted by Gasteiger charge is -2.31. The van der Waals surface area contributed by atoms with Crippen molar-refractivity contribution in [2.24, 2.45) is 4.99 Å². The van der Waals surface area contributed by atoms with Crippen molar-refractivity contribution in [1.82, 2.24) is 4.57 Å². The largest absolute Gasteiger partial charge is 0.508 e. The third kappa shape index (κ3) is 3.63. The normalized spacial score (nSPS) is 16.6. The second-order valence-electron chi connectivity index (χ2n) is 8.82. The molecule has 6 rings (SSSR count). The number of aromatic nitrogens is 1. The Bertz CT molecular complexity index is 1710. The second kappa shape index (κ2) is 8.84. The van der Waals surface area contributed by atoms with Crippen molar-refractivity contribution in [1.29, 1.82) is 0 Å². The number of phenols is 1. The van der Waals surface area contributed by atoms with Gasteiger partial charge in [0.1, 0.15) is 5.75 Å². The summed E-state index contributed by atoms with van der Waals surface area (Å²) in [5.41, 5.74) is 6.06. The average molecular weight is 497 g/mol. The molecule has 2 aliphatic rings. The molecular weight excluding hydrogens is 472 g/mol. The molecule has 2 heterocycles. The Morgan fingerprint density at radius 1 is 1.00 bits per heavy atom. The summed E-state index contributed by atoms with van der Waals surface area (Å²) in [4.78, 5) is 19.5. The number of aryl methyl sites for hydroxylation is 1. The number of thiazole rings is 1. The Balaban J connectivity index is 1.63. The van der Waals surface area contributed by atoms with Gasteiger partial charge in [-0.25, -0.2) is 4.99 Å². The van der Waals surface area contributed by atoms with Gasteiger partial charge in [0.15, 0.2) is 16.3 Å². The van der Waals surface area contributed by atoms with E-state index in [9.17, 15) is 9.90 Å². The molecule has 0 saturated carbocycles. The van der Waals surface area contributed by atoms with Gasteiger partial charge in [-0.2, -0.15) is 0 Å². The van der Waals surface area contributed by atoms with Crippen molar-refractivity contribution < 1.29 is 14.6 Å².